The number of hydrogen-bond acceptors (Lipinski definition) is 3. The van der Waals surface area contributed by atoms with Crippen LogP contribution in [0.1, 0.15) is 35.2 Å². The van der Waals surface area contributed by atoms with Crippen molar-refractivity contribution in [3.63, 3.8) is 0 Å². The first-order chi connectivity index (χ1) is 16.3. The van der Waals surface area contributed by atoms with Gasteiger partial charge in [-0.05, 0) is 53.8 Å². The lowest BCUT2D eigenvalue weighted by Crippen LogP contribution is -2.25. The van der Waals surface area contributed by atoms with Gasteiger partial charge in [0.25, 0.3) is 0 Å². The molecule has 0 radical (unpaired) electrons. The molecule has 1 fully saturated rings. The highest BCUT2D eigenvalue weighted by atomic mass is 19.2. The number of carboxylic acid groups (broad SMARTS) is 1. The van der Waals surface area contributed by atoms with Crippen LogP contribution in [-0.4, -0.2) is 22.8 Å². The van der Waals surface area contributed by atoms with E-state index in [2.05, 4.69) is 5.32 Å². The normalized spacial score (nSPS) is 17.4. The maximum absolute atomic E-state index is 13.3. The Hall–Kier alpha value is -3.87. The van der Waals surface area contributed by atoms with Crippen LogP contribution in [0.2, 0.25) is 0 Å². The van der Waals surface area contributed by atoms with Crippen molar-refractivity contribution in [2.24, 2.45) is 11.8 Å². The van der Waals surface area contributed by atoms with Crippen molar-refractivity contribution in [1.29, 1.82) is 0 Å². The average molecular weight is 463 g/mol. The Labute approximate surface area is 195 Å². The molecule has 1 aliphatic rings. The van der Waals surface area contributed by atoms with Gasteiger partial charge in [-0.25, -0.2) is 8.78 Å². The summed E-state index contributed by atoms with van der Waals surface area (Å²) in [5, 5.41) is 12.1. The highest BCUT2D eigenvalue weighted by Gasteiger charge is 2.37. The van der Waals surface area contributed by atoms with Crippen LogP contribution in [-0.2, 0) is 16.0 Å². The standard InChI is InChI=1S/C27H23F2NO4/c28-23-13-4-16(14-24(23)29)15-25(31)30-20-11-9-18(10-12-20)17-5-7-19(8-6-17)26(32)21-2-1-3-22(21)27(33)34/h4-14,21-22H,1-3,15H2,(H,30,31)(H,33,34)/t21-,22-/m1/s1. The Morgan fingerprint density at radius 2 is 1.44 bits per heavy atom. The van der Waals surface area contributed by atoms with Gasteiger partial charge in [-0.3, -0.25) is 14.4 Å². The number of nitrogens with one attached hydrogen (secondary N) is 1. The van der Waals surface area contributed by atoms with E-state index in [4.69, 9.17) is 0 Å². The van der Waals surface area contributed by atoms with Crippen LogP contribution < -0.4 is 5.32 Å². The summed E-state index contributed by atoms with van der Waals surface area (Å²) < 4.78 is 26.3. The SMILES string of the molecule is O=C(Cc1ccc(F)c(F)c1)Nc1ccc(-c2ccc(C(=O)[C@@H]3CCC[C@H]3C(=O)O)cc2)cc1. The van der Waals surface area contributed by atoms with Gasteiger partial charge >= 0.3 is 5.97 Å². The number of rotatable bonds is 7. The van der Waals surface area contributed by atoms with Gasteiger partial charge in [0.05, 0.1) is 12.3 Å². The number of amides is 1. The summed E-state index contributed by atoms with van der Waals surface area (Å²) in [5.41, 5.74) is 3.18. The van der Waals surface area contributed by atoms with Gasteiger partial charge in [-0.15, -0.1) is 0 Å². The molecule has 4 rings (SSSR count). The van der Waals surface area contributed by atoms with Gasteiger partial charge in [-0.2, -0.15) is 0 Å². The average Bonchev–Trinajstić information content (AvgIpc) is 3.32. The molecule has 0 spiro atoms. The lowest BCUT2D eigenvalue weighted by molar-refractivity contribution is -0.142. The third kappa shape index (κ3) is 5.20. The molecule has 0 unspecified atom stereocenters. The molecule has 1 amide bonds. The Balaban J connectivity index is 1.38. The second-order valence-electron chi connectivity index (χ2n) is 8.47. The van der Waals surface area contributed by atoms with Crippen LogP contribution in [0.5, 0.6) is 0 Å². The maximum Gasteiger partial charge on any atom is 0.307 e. The zero-order valence-electron chi connectivity index (χ0n) is 18.3. The second-order valence-corrected chi connectivity index (χ2v) is 8.47. The zero-order chi connectivity index (χ0) is 24.2. The minimum absolute atomic E-state index is 0.0851. The summed E-state index contributed by atoms with van der Waals surface area (Å²) in [7, 11) is 0. The van der Waals surface area contributed by atoms with Gasteiger partial charge in [-0.1, -0.05) is 48.9 Å². The number of anilines is 1. The van der Waals surface area contributed by atoms with Crippen molar-refractivity contribution < 1.29 is 28.3 Å². The molecule has 2 atom stereocenters. The van der Waals surface area contributed by atoms with Crippen molar-refractivity contribution in [3.05, 3.63) is 89.5 Å². The molecule has 174 valence electrons. The van der Waals surface area contributed by atoms with Gasteiger partial charge < -0.3 is 10.4 Å². The monoisotopic (exact) mass is 463 g/mol. The molecular formula is C27H23F2NO4. The quantitative estimate of drug-likeness (QED) is 0.454. The third-order valence-electron chi connectivity index (χ3n) is 6.19. The molecule has 7 heteroatoms. The fourth-order valence-corrected chi connectivity index (χ4v) is 4.40. The Kier molecular flexibility index (Phi) is 6.82. The molecule has 1 aliphatic carbocycles. The van der Waals surface area contributed by atoms with Crippen LogP contribution in [0.25, 0.3) is 11.1 Å². The van der Waals surface area contributed by atoms with Crippen molar-refractivity contribution in [2.75, 3.05) is 5.32 Å². The molecule has 34 heavy (non-hydrogen) atoms. The second kappa shape index (κ2) is 9.95. The van der Waals surface area contributed by atoms with Crippen molar-refractivity contribution in [3.8, 4) is 11.1 Å². The number of halogens is 2. The molecule has 0 heterocycles. The first-order valence-electron chi connectivity index (χ1n) is 11.0. The Morgan fingerprint density at radius 1 is 0.824 bits per heavy atom. The highest BCUT2D eigenvalue weighted by molar-refractivity contribution is 6.00. The summed E-state index contributed by atoms with van der Waals surface area (Å²) in [6, 6.07) is 17.5. The number of carbonyl (C=O) groups excluding carboxylic acids is 2. The maximum atomic E-state index is 13.3. The fourth-order valence-electron chi connectivity index (χ4n) is 4.40. The van der Waals surface area contributed by atoms with E-state index in [1.807, 2.05) is 24.3 Å². The number of carbonyl (C=O) groups is 3. The number of aliphatic carboxylic acids is 1. The van der Waals surface area contributed by atoms with E-state index < -0.39 is 29.4 Å². The number of carboxylic acids is 1. The summed E-state index contributed by atoms with van der Waals surface area (Å²) in [6.45, 7) is 0. The molecule has 0 saturated heterocycles. The molecule has 3 aromatic rings. The van der Waals surface area contributed by atoms with Crippen molar-refractivity contribution in [2.45, 2.75) is 25.7 Å². The first-order valence-corrected chi connectivity index (χ1v) is 11.0. The highest BCUT2D eigenvalue weighted by Crippen LogP contribution is 2.35. The van der Waals surface area contributed by atoms with Gasteiger partial charge in [0, 0.05) is 17.2 Å². The summed E-state index contributed by atoms with van der Waals surface area (Å²) in [6.07, 6.45) is 1.79. The smallest absolute Gasteiger partial charge is 0.307 e. The number of Topliss-reactive ketones (excluding diaryl/α,β-unsaturated/α-hetero) is 1. The first kappa shape index (κ1) is 23.3. The largest absolute Gasteiger partial charge is 0.481 e. The van der Waals surface area contributed by atoms with E-state index in [0.29, 0.717) is 29.7 Å². The summed E-state index contributed by atoms with van der Waals surface area (Å²) in [5.74, 6) is -4.43. The molecular weight excluding hydrogens is 440 g/mol. The van der Waals surface area contributed by atoms with Gasteiger partial charge in [0.15, 0.2) is 17.4 Å². The summed E-state index contributed by atoms with van der Waals surface area (Å²) in [4.78, 5) is 36.4. The summed E-state index contributed by atoms with van der Waals surface area (Å²) >= 11 is 0. The predicted octanol–water partition coefficient (Wildman–Crippen LogP) is 5.50. The minimum Gasteiger partial charge on any atom is -0.481 e. The molecule has 0 aliphatic heterocycles. The van der Waals surface area contributed by atoms with E-state index in [1.165, 1.54) is 6.07 Å². The van der Waals surface area contributed by atoms with Crippen LogP contribution in [0.3, 0.4) is 0 Å². The molecule has 0 aromatic heterocycles. The van der Waals surface area contributed by atoms with E-state index in [-0.39, 0.29) is 18.1 Å². The Morgan fingerprint density at radius 3 is 2.06 bits per heavy atom. The topological polar surface area (TPSA) is 83.5 Å². The molecule has 1 saturated carbocycles. The van der Waals surface area contributed by atoms with Crippen molar-refractivity contribution in [1.82, 2.24) is 0 Å². The van der Waals surface area contributed by atoms with Crippen LogP contribution >= 0.6 is 0 Å². The lowest BCUT2D eigenvalue weighted by Gasteiger charge is -2.14. The van der Waals surface area contributed by atoms with Crippen molar-refractivity contribution >= 4 is 23.3 Å². The van der Waals surface area contributed by atoms with E-state index in [1.54, 1.807) is 24.3 Å². The predicted molar refractivity (Wildman–Crippen MR) is 123 cm³/mol. The van der Waals surface area contributed by atoms with Crippen LogP contribution in [0.4, 0.5) is 14.5 Å². The number of hydrogen-bond donors (Lipinski definition) is 2. The lowest BCUT2D eigenvalue weighted by atomic mass is 9.88. The van der Waals surface area contributed by atoms with E-state index >= 15 is 0 Å². The number of ketones is 1. The molecule has 3 aromatic carbocycles. The molecule has 2 N–H and O–H groups in total. The van der Waals surface area contributed by atoms with Gasteiger partial charge in [0.1, 0.15) is 0 Å². The van der Waals surface area contributed by atoms with Gasteiger partial charge in [0.2, 0.25) is 5.91 Å². The molecule has 5 nitrogen and oxygen atoms in total. The fraction of sp³-hybridized carbons (Fsp3) is 0.222. The van der Waals surface area contributed by atoms with E-state index in [9.17, 15) is 28.3 Å². The van der Waals surface area contributed by atoms with E-state index in [0.717, 1.165) is 29.7 Å². The minimum atomic E-state index is -0.993. The Bertz CT molecular complexity index is 1220. The number of benzene rings is 3. The van der Waals surface area contributed by atoms with Crippen LogP contribution in [0.15, 0.2) is 66.7 Å². The van der Waals surface area contributed by atoms with Crippen LogP contribution in [0, 0.1) is 23.5 Å². The zero-order valence-corrected chi connectivity index (χ0v) is 18.3. The third-order valence-corrected chi connectivity index (χ3v) is 6.19. The molecule has 0 bridgehead atoms.